The molecule has 1 amide bonds. The first kappa shape index (κ1) is 15.6. The highest BCUT2D eigenvalue weighted by Gasteiger charge is 2.16. The van der Waals surface area contributed by atoms with E-state index in [1.807, 2.05) is 0 Å². The van der Waals surface area contributed by atoms with Crippen molar-refractivity contribution in [2.45, 2.75) is 6.92 Å². The van der Waals surface area contributed by atoms with Crippen LogP contribution in [0.4, 0.5) is 4.39 Å². The van der Waals surface area contributed by atoms with E-state index in [2.05, 4.69) is 5.32 Å². The van der Waals surface area contributed by atoms with Crippen LogP contribution in [-0.2, 0) is 10.0 Å². The van der Waals surface area contributed by atoms with Gasteiger partial charge in [-0.1, -0.05) is 12.1 Å². The van der Waals surface area contributed by atoms with Crippen molar-refractivity contribution in [3.63, 3.8) is 0 Å². The predicted octanol–water partition coefficient (Wildman–Crippen LogP) is 0.755. The smallest absolute Gasteiger partial charge is 0.254 e. The van der Waals surface area contributed by atoms with E-state index in [4.69, 9.17) is 0 Å². The molecule has 0 saturated carbocycles. The second kappa shape index (κ2) is 6.12. The van der Waals surface area contributed by atoms with Gasteiger partial charge in [-0.25, -0.2) is 17.1 Å². The Bertz CT molecular complexity index is 570. The highest BCUT2D eigenvalue weighted by atomic mass is 32.2. The molecular formula is C12H17FN2O3S. The molecule has 0 fully saturated rings. The lowest BCUT2D eigenvalue weighted by Gasteiger charge is -2.12. The summed E-state index contributed by atoms with van der Waals surface area (Å²) in [6, 6.07) is 4.49. The molecule has 0 bridgehead atoms. The first-order valence-electron chi connectivity index (χ1n) is 5.69. The van der Waals surface area contributed by atoms with Gasteiger partial charge < -0.3 is 5.32 Å². The first-order chi connectivity index (χ1) is 8.75. The number of halogens is 1. The Morgan fingerprint density at radius 2 is 2.00 bits per heavy atom. The Morgan fingerprint density at radius 3 is 2.58 bits per heavy atom. The number of hydrogen-bond donors (Lipinski definition) is 1. The summed E-state index contributed by atoms with van der Waals surface area (Å²) in [4.78, 5) is 11.7. The van der Waals surface area contributed by atoms with Crippen LogP contribution >= 0.6 is 0 Å². The third kappa shape index (κ3) is 4.00. The summed E-state index contributed by atoms with van der Waals surface area (Å²) in [6.45, 7) is 1.50. The molecular weight excluding hydrogens is 271 g/mol. The van der Waals surface area contributed by atoms with E-state index in [1.54, 1.807) is 19.1 Å². The highest BCUT2D eigenvalue weighted by Crippen LogP contribution is 2.11. The standard InChI is InChI=1S/C12H17FN2O3S/c1-9-5-4-6-10(11(9)13)12(16)14-7-8-19(17,18)15(2)3/h4-6H,7-8H2,1-3H3,(H,14,16). The number of nitrogens with zero attached hydrogens (tertiary/aromatic N) is 1. The summed E-state index contributed by atoms with van der Waals surface area (Å²) in [6.07, 6.45) is 0. The molecule has 0 unspecified atom stereocenters. The Labute approximate surface area is 112 Å². The Hall–Kier alpha value is -1.47. The van der Waals surface area contributed by atoms with Crippen molar-refractivity contribution in [3.05, 3.63) is 35.1 Å². The van der Waals surface area contributed by atoms with Crippen LogP contribution < -0.4 is 5.32 Å². The fourth-order valence-corrected chi connectivity index (χ4v) is 2.12. The van der Waals surface area contributed by atoms with Gasteiger partial charge in [0.15, 0.2) is 0 Å². The summed E-state index contributed by atoms with van der Waals surface area (Å²) < 4.78 is 37.7. The third-order valence-electron chi connectivity index (χ3n) is 2.64. The molecule has 0 aliphatic rings. The lowest BCUT2D eigenvalue weighted by atomic mass is 10.1. The van der Waals surface area contributed by atoms with Gasteiger partial charge in [-0.3, -0.25) is 4.79 Å². The van der Waals surface area contributed by atoms with Gasteiger partial charge in [0.05, 0.1) is 11.3 Å². The quantitative estimate of drug-likeness (QED) is 0.869. The molecule has 106 valence electrons. The first-order valence-corrected chi connectivity index (χ1v) is 7.30. The number of benzene rings is 1. The van der Waals surface area contributed by atoms with E-state index in [9.17, 15) is 17.6 Å². The normalized spacial score (nSPS) is 11.6. The van der Waals surface area contributed by atoms with Crippen molar-refractivity contribution in [2.75, 3.05) is 26.4 Å². The molecule has 0 aliphatic heterocycles. The molecule has 1 rings (SSSR count). The van der Waals surface area contributed by atoms with Crippen LogP contribution in [0.5, 0.6) is 0 Å². The van der Waals surface area contributed by atoms with Crippen LogP contribution in [0.3, 0.4) is 0 Å². The molecule has 0 heterocycles. The number of carbonyl (C=O) groups excluding carboxylic acids is 1. The van der Waals surface area contributed by atoms with Gasteiger partial charge >= 0.3 is 0 Å². The van der Waals surface area contributed by atoms with Gasteiger partial charge in [0.1, 0.15) is 5.82 Å². The maximum absolute atomic E-state index is 13.7. The van der Waals surface area contributed by atoms with Crippen LogP contribution in [0.25, 0.3) is 0 Å². The number of nitrogens with one attached hydrogen (secondary N) is 1. The molecule has 0 saturated heterocycles. The maximum atomic E-state index is 13.7. The molecule has 0 radical (unpaired) electrons. The molecule has 1 aromatic carbocycles. The topological polar surface area (TPSA) is 66.5 Å². The molecule has 0 atom stereocenters. The zero-order valence-electron chi connectivity index (χ0n) is 11.1. The van der Waals surface area contributed by atoms with Crippen molar-refractivity contribution in [1.82, 2.24) is 9.62 Å². The number of sulfonamides is 1. The number of rotatable bonds is 5. The van der Waals surface area contributed by atoms with Gasteiger partial charge in [0.25, 0.3) is 5.91 Å². The van der Waals surface area contributed by atoms with Gasteiger partial charge in [0.2, 0.25) is 10.0 Å². The zero-order valence-corrected chi connectivity index (χ0v) is 11.9. The van der Waals surface area contributed by atoms with E-state index in [0.29, 0.717) is 5.56 Å². The lowest BCUT2D eigenvalue weighted by molar-refractivity contribution is 0.0952. The molecule has 1 aromatic rings. The molecule has 19 heavy (non-hydrogen) atoms. The number of amides is 1. The fraction of sp³-hybridized carbons (Fsp3) is 0.417. The Balaban J connectivity index is 2.65. The lowest BCUT2D eigenvalue weighted by Crippen LogP contribution is -2.34. The second-order valence-electron chi connectivity index (χ2n) is 4.29. The molecule has 0 aromatic heterocycles. The van der Waals surface area contributed by atoms with Crippen LogP contribution in [0.2, 0.25) is 0 Å². The highest BCUT2D eigenvalue weighted by molar-refractivity contribution is 7.89. The van der Waals surface area contributed by atoms with Gasteiger partial charge in [-0.2, -0.15) is 0 Å². The van der Waals surface area contributed by atoms with Crippen LogP contribution in [-0.4, -0.2) is 45.0 Å². The minimum atomic E-state index is -3.37. The van der Waals surface area contributed by atoms with E-state index < -0.39 is 21.7 Å². The summed E-state index contributed by atoms with van der Waals surface area (Å²) >= 11 is 0. The SMILES string of the molecule is Cc1cccc(C(=O)NCCS(=O)(=O)N(C)C)c1F. The number of hydrogen-bond acceptors (Lipinski definition) is 3. The van der Waals surface area contributed by atoms with E-state index >= 15 is 0 Å². The summed E-state index contributed by atoms with van der Waals surface area (Å²) in [5.74, 6) is -1.43. The number of aryl methyl sites for hydroxylation is 1. The molecule has 5 nitrogen and oxygen atoms in total. The fourth-order valence-electron chi connectivity index (χ4n) is 1.39. The van der Waals surface area contributed by atoms with Crippen LogP contribution in [0.1, 0.15) is 15.9 Å². The molecule has 0 aliphatic carbocycles. The zero-order chi connectivity index (χ0) is 14.6. The Kier molecular flexibility index (Phi) is 5.02. The van der Waals surface area contributed by atoms with Crippen molar-refractivity contribution in [1.29, 1.82) is 0 Å². The summed E-state index contributed by atoms with van der Waals surface area (Å²) in [7, 11) is -0.541. The van der Waals surface area contributed by atoms with Gasteiger partial charge in [-0.15, -0.1) is 0 Å². The van der Waals surface area contributed by atoms with Crippen molar-refractivity contribution < 1.29 is 17.6 Å². The van der Waals surface area contributed by atoms with E-state index in [0.717, 1.165) is 4.31 Å². The second-order valence-corrected chi connectivity index (χ2v) is 6.59. The average Bonchev–Trinajstić information content (AvgIpc) is 2.32. The van der Waals surface area contributed by atoms with Crippen LogP contribution in [0.15, 0.2) is 18.2 Å². The minimum Gasteiger partial charge on any atom is -0.351 e. The van der Waals surface area contributed by atoms with Gasteiger partial charge in [0, 0.05) is 20.6 Å². The predicted molar refractivity (Wildman–Crippen MR) is 70.9 cm³/mol. The van der Waals surface area contributed by atoms with Crippen LogP contribution in [0, 0.1) is 12.7 Å². The van der Waals surface area contributed by atoms with Crippen molar-refractivity contribution in [2.24, 2.45) is 0 Å². The molecule has 7 heteroatoms. The van der Waals surface area contributed by atoms with Crippen molar-refractivity contribution >= 4 is 15.9 Å². The minimum absolute atomic E-state index is 0.0628. The number of carbonyl (C=O) groups is 1. The third-order valence-corrected chi connectivity index (χ3v) is 4.47. The van der Waals surface area contributed by atoms with E-state index in [1.165, 1.54) is 20.2 Å². The van der Waals surface area contributed by atoms with Gasteiger partial charge in [-0.05, 0) is 18.6 Å². The Morgan fingerprint density at radius 1 is 1.37 bits per heavy atom. The van der Waals surface area contributed by atoms with Crippen molar-refractivity contribution in [3.8, 4) is 0 Å². The van der Waals surface area contributed by atoms with E-state index in [-0.39, 0.29) is 17.9 Å². The largest absolute Gasteiger partial charge is 0.351 e. The maximum Gasteiger partial charge on any atom is 0.254 e. The summed E-state index contributed by atoms with van der Waals surface area (Å²) in [5, 5.41) is 2.39. The monoisotopic (exact) mass is 288 g/mol. The summed E-state index contributed by atoms with van der Waals surface area (Å²) in [5.41, 5.74) is 0.288. The molecule has 0 spiro atoms. The molecule has 1 N–H and O–H groups in total. The average molecular weight is 288 g/mol.